The van der Waals surface area contributed by atoms with Gasteiger partial charge in [-0.15, -0.1) is 0 Å². The number of allylic oxidation sites excluding steroid dienone is 1. The molecule has 0 aromatic heterocycles. The van der Waals surface area contributed by atoms with Crippen LogP contribution in [0.2, 0.25) is 0 Å². The zero-order valence-corrected chi connectivity index (χ0v) is 5.75. The Morgan fingerprint density at radius 1 is 1.60 bits per heavy atom. The van der Waals surface area contributed by atoms with E-state index in [4.69, 9.17) is 4.74 Å². The summed E-state index contributed by atoms with van der Waals surface area (Å²) in [4.78, 5) is 11.0. The Kier molecular flexibility index (Phi) is 1.26. The average molecular weight is 138 g/mol. The van der Waals surface area contributed by atoms with E-state index in [0.717, 1.165) is 12.8 Å². The van der Waals surface area contributed by atoms with Gasteiger partial charge >= 0.3 is 5.97 Å². The van der Waals surface area contributed by atoms with Crippen molar-refractivity contribution < 1.29 is 9.53 Å². The molecule has 2 nitrogen and oxygen atoms in total. The molecule has 1 fully saturated rings. The van der Waals surface area contributed by atoms with Gasteiger partial charge < -0.3 is 4.74 Å². The highest BCUT2D eigenvalue weighted by atomic mass is 16.5. The molecule has 0 aromatic carbocycles. The van der Waals surface area contributed by atoms with Gasteiger partial charge in [-0.1, -0.05) is 12.2 Å². The first kappa shape index (κ1) is 5.96. The van der Waals surface area contributed by atoms with Gasteiger partial charge in [0.1, 0.15) is 0 Å². The van der Waals surface area contributed by atoms with Crippen molar-refractivity contribution in [2.75, 3.05) is 6.61 Å². The molecule has 1 aliphatic heterocycles. The van der Waals surface area contributed by atoms with Crippen molar-refractivity contribution in [1.29, 1.82) is 0 Å². The number of hydrogen-bond acceptors (Lipinski definition) is 2. The molecule has 1 saturated heterocycles. The van der Waals surface area contributed by atoms with E-state index in [2.05, 4.69) is 12.2 Å². The van der Waals surface area contributed by atoms with E-state index in [1.165, 1.54) is 0 Å². The minimum atomic E-state index is 0.00866. The number of carbonyl (C=O) groups is 1. The van der Waals surface area contributed by atoms with Crippen LogP contribution in [0.5, 0.6) is 0 Å². The third kappa shape index (κ3) is 0.753. The van der Waals surface area contributed by atoms with Crippen LogP contribution in [0, 0.1) is 11.8 Å². The molecule has 2 rings (SSSR count). The van der Waals surface area contributed by atoms with Gasteiger partial charge in [0.05, 0.1) is 12.5 Å². The number of fused-ring (bicyclic) bond motifs is 1. The molecule has 1 aliphatic carbocycles. The highest BCUT2D eigenvalue weighted by molar-refractivity contribution is 5.75. The topological polar surface area (TPSA) is 26.3 Å². The van der Waals surface area contributed by atoms with Gasteiger partial charge in [-0.25, -0.2) is 0 Å². The minimum Gasteiger partial charge on any atom is -0.465 e. The SMILES string of the molecule is O=C1OC[C@H]2C=CCC[C@@H]12. The molecule has 0 saturated carbocycles. The molecule has 0 spiro atoms. The molecule has 1 heterocycles. The van der Waals surface area contributed by atoms with Crippen LogP contribution in [-0.2, 0) is 9.53 Å². The van der Waals surface area contributed by atoms with Crippen LogP contribution in [0.3, 0.4) is 0 Å². The zero-order valence-electron chi connectivity index (χ0n) is 5.75. The minimum absolute atomic E-state index is 0.00866. The monoisotopic (exact) mass is 138 g/mol. The van der Waals surface area contributed by atoms with Gasteiger partial charge in [0.25, 0.3) is 0 Å². The van der Waals surface area contributed by atoms with Crippen molar-refractivity contribution in [3.63, 3.8) is 0 Å². The lowest BCUT2D eigenvalue weighted by Crippen LogP contribution is -2.16. The summed E-state index contributed by atoms with van der Waals surface area (Å²) in [6.45, 7) is 0.611. The second-order valence-corrected chi connectivity index (χ2v) is 2.91. The van der Waals surface area contributed by atoms with Crippen molar-refractivity contribution >= 4 is 5.97 Å². The normalized spacial score (nSPS) is 37.4. The summed E-state index contributed by atoms with van der Waals surface area (Å²) in [7, 11) is 0. The second-order valence-electron chi connectivity index (χ2n) is 2.91. The Balaban J connectivity index is 2.19. The third-order valence-corrected chi connectivity index (χ3v) is 2.27. The lowest BCUT2D eigenvalue weighted by Gasteiger charge is -2.13. The molecule has 10 heavy (non-hydrogen) atoms. The smallest absolute Gasteiger partial charge is 0.309 e. The van der Waals surface area contributed by atoms with Gasteiger partial charge in [-0.2, -0.15) is 0 Å². The lowest BCUT2D eigenvalue weighted by atomic mass is 9.87. The molecule has 54 valence electrons. The fraction of sp³-hybridized carbons (Fsp3) is 0.625. The number of cyclic esters (lactones) is 1. The van der Waals surface area contributed by atoms with Crippen LogP contribution in [0.25, 0.3) is 0 Å². The quantitative estimate of drug-likeness (QED) is 0.370. The number of carbonyl (C=O) groups excluding carboxylic acids is 1. The van der Waals surface area contributed by atoms with Crippen LogP contribution >= 0.6 is 0 Å². The maximum atomic E-state index is 11.0. The predicted octanol–water partition coefficient (Wildman–Crippen LogP) is 1.13. The Morgan fingerprint density at radius 2 is 2.50 bits per heavy atom. The molecule has 2 atom stereocenters. The van der Waals surface area contributed by atoms with E-state index in [-0.39, 0.29) is 11.9 Å². The number of ether oxygens (including phenoxy) is 1. The van der Waals surface area contributed by atoms with Crippen LogP contribution in [0.15, 0.2) is 12.2 Å². The molecule has 0 aromatic rings. The fourth-order valence-corrected chi connectivity index (χ4v) is 1.64. The highest BCUT2D eigenvalue weighted by Crippen LogP contribution is 2.30. The lowest BCUT2D eigenvalue weighted by molar-refractivity contribution is -0.141. The number of hydrogen-bond donors (Lipinski definition) is 0. The number of rotatable bonds is 0. The Hall–Kier alpha value is -0.790. The van der Waals surface area contributed by atoms with Crippen LogP contribution in [-0.4, -0.2) is 12.6 Å². The molecule has 0 bridgehead atoms. The van der Waals surface area contributed by atoms with Crippen LogP contribution in [0.1, 0.15) is 12.8 Å². The maximum Gasteiger partial charge on any atom is 0.309 e. The van der Waals surface area contributed by atoms with E-state index < -0.39 is 0 Å². The third-order valence-electron chi connectivity index (χ3n) is 2.27. The molecule has 2 heteroatoms. The van der Waals surface area contributed by atoms with Crippen LogP contribution < -0.4 is 0 Å². The van der Waals surface area contributed by atoms with Crippen molar-refractivity contribution in [3.8, 4) is 0 Å². The standard InChI is InChI=1S/C8H10O2/c9-8-7-4-2-1-3-6(7)5-10-8/h1,3,6-7H,2,4-5H2/t6-,7-/m1/s1. The van der Waals surface area contributed by atoms with Gasteiger partial charge in [-0.3, -0.25) is 4.79 Å². The fourth-order valence-electron chi connectivity index (χ4n) is 1.64. The van der Waals surface area contributed by atoms with Crippen molar-refractivity contribution in [3.05, 3.63) is 12.2 Å². The van der Waals surface area contributed by atoms with Crippen molar-refractivity contribution in [1.82, 2.24) is 0 Å². The largest absolute Gasteiger partial charge is 0.465 e. The van der Waals surface area contributed by atoms with Crippen molar-refractivity contribution in [2.24, 2.45) is 11.8 Å². The van der Waals surface area contributed by atoms with E-state index in [1.807, 2.05) is 0 Å². The van der Waals surface area contributed by atoms with E-state index in [1.54, 1.807) is 0 Å². The summed E-state index contributed by atoms with van der Waals surface area (Å²) in [5.74, 6) is 0.584. The van der Waals surface area contributed by atoms with E-state index >= 15 is 0 Å². The first-order valence-electron chi connectivity index (χ1n) is 3.71. The Bertz CT molecular complexity index is 184. The predicted molar refractivity (Wildman–Crippen MR) is 36.3 cm³/mol. The average Bonchev–Trinajstić information content (AvgIpc) is 2.34. The zero-order chi connectivity index (χ0) is 6.97. The first-order valence-corrected chi connectivity index (χ1v) is 3.71. The summed E-state index contributed by atoms with van der Waals surface area (Å²) in [5.41, 5.74) is 0. The van der Waals surface area contributed by atoms with Gasteiger partial charge in [0.2, 0.25) is 0 Å². The summed E-state index contributed by atoms with van der Waals surface area (Å²) in [5, 5.41) is 0. The van der Waals surface area contributed by atoms with E-state index in [9.17, 15) is 4.79 Å². The highest BCUT2D eigenvalue weighted by Gasteiger charge is 2.35. The molecular formula is C8H10O2. The van der Waals surface area contributed by atoms with Gasteiger partial charge in [-0.05, 0) is 12.8 Å². The molecule has 0 unspecified atom stereocenters. The van der Waals surface area contributed by atoms with E-state index in [0.29, 0.717) is 12.5 Å². The summed E-state index contributed by atoms with van der Waals surface area (Å²) >= 11 is 0. The maximum absolute atomic E-state index is 11.0. The molecule has 2 aliphatic rings. The van der Waals surface area contributed by atoms with Gasteiger partial charge in [0.15, 0.2) is 0 Å². The second kappa shape index (κ2) is 2.11. The first-order chi connectivity index (χ1) is 4.88. The molecule has 0 N–H and O–H groups in total. The van der Waals surface area contributed by atoms with Crippen molar-refractivity contribution in [2.45, 2.75) is 12.8 Å². The summed E-state index contributed by atoms with van der Waals surface area (Å²) in [6.07, 6.45) is 6.28. The molecule has 0 amide bonds. The van der Waals surface area contributed by atoms with Crippen LogP contribution in [0.4, 0.5) is 0 Å². The molecule has 0 radical (unpaired) electrons. The summed E-state index contributed by atoms with van der Waals surface area (Å²) < 4.78 is 4.91. The Labute approximate surface area is 59.9 Å². The molecular weight excluding hydrogens is 128 g/mol. The Morgan fingerprint density at radius 3 is 3.30 bits per heavy atom. The van der Waals surface area contributed by atoms with Gasteiger partial charge in [0, 0.05) is 5.92 Å². The summed E-state index contributed by atoms with van der Waals surface area (Å²) in [6, 6.07) is 0. The number of esters is 1.